The highest BCUT2D eigenvalue weighted by Gasteiger charge is 2.60. The van der Waals surface area contributed by atoms with E-state index in [4.69, 9.17) is 9.84 Å². The molecule has 0 amide bonds. The summed E-state index contributed by atoms with van der Waals surface area (Å²) in [5, 5.41) is 9.09. The molecule has 0 bridgehead atoms. The van der Waals surface area contributed by atoms with E-state index in [1.54, 1.807) is 11.8 Å². The van der Waals surface area contributed by atoms with Crippen LogP contribution in [0.25, 0.3) is 0 Å². The van der Waals surface area contributed by atoms with Gasteiger partial charge in [-0.2, -0.15) is 0 Å². The first-order chi connectivity index (χ1) is 8.67. The van der Waals surface area contributed by atoms with Crippen LogP contribution in [0.4, 0.5) is 0 Å². The molecule has 18 heavy (non-hydrogen) atoms. The van der Waals surface area contributed by atoms with Crippen LogP contribution < -0.4 is 0 Å². The van der Waals surface area contributed by atoms with Crippen LogP contribution in [-0.2, 0) is 14.9 Å². The molecule has 2 atom stereocenters. The van der Waals surface area contributed by atoms with Gasteiger partial charge in [-0.25, -0.2) is 0 Å². The number of aliphatic carboxylic acids is 1. The molecule has 0 aromatic heterocycles. The van der Waals surface area contributed by atoms with E-state index in [1.807, 2.05) is 0 Å². The zero-order chi connectivity index (χ0) is 12.8. The smallest absolute Gasteiger partial charge is 0.306 e. The van der Waals surface area contributed by atoms with Crippen LogP contribution >= 0.6 is 11.8 Å². The number of ether oxygens (including phenoxy) is 1. The van der Waals surface area contributed by atoms with Gasteiger partial charge in [0.25, 0.3) is 0 Å². The van der Waals surface area contributed by atoms with E-state index in [2.05, 4.69) is 30.5 Å². The van der Waals surface area contributed by atoms with Gasteiger partial charge >= 0.3 is 5.97 Å². The number of carbonyl (C=O) groups is 1. The Bertz CT molecular complexity index is 464. The fraction of sp³-hybridized carbons (Fsp3) is 0.500. The molecule has 1 aromatic rings. The molecular weight excluding hydrogens is 248 g/mol. The molecule has 1 saturated heterocycles. The lowest BCUT2D eigenvalue weighted by Gasteiger charge is -2.42. The lowest BCUT2D eigenvalue weighted by Crippen LogP contribution is -2.49. The zero-order valence-corrected chi connectivity index (χ0v) is 11.1. The van der Waals surface area contributed by atoms with Crippen molar-refractivity contribution in [1.82, 2.24) is 0 Å². The van der Waals surface area contributed by atoms with Crippen LogP contribution in [0.2, 0.25) is 0 Å². The van der Waals surface area contributed by atoms with Gasteiger partial charge in [-0.05, 0) is 36.3 Å². The predicted molar refractivity (Wildman–Crippen MR) is 70.0 cm³/mol. The monoisotopic (exact) mass is 264 g/mol. The van der Waals surface area contributed by atoms with E-state index < -0.39 is 5.97 Å². The van der Waals surface area contributed by atoms with Crippen molar-refractivity contribution in [1.29, 1.82) is 0 Å². The zero-order valence-electron chi connectivity index (χ0n) is 10.3. The van der Waals surface area contributed by atoms with Gasteiger partial charge in [0.1, 0.15) is 0 Å². The van der Waals surface area contributed by atoms with E-state index in [-0.39, 0.29) is 17.3 Å². The van der Waals surface area contributed by atoms with Gasteiger partial charge in [0, 0.05) is 10.3 Å². The minimum atomic E-state index is -0.660. The maximum atomic E-state index is 11.0. The van der Waals surface area contributed by atoms with Crippen molar-refractivity contribution in [2.24, 2.45) is 11.8 Å². The molecule has 1 aliphatic heterocycles. The molecule has 1 aromatic carbocycles. The molecule has 1 aliphatic carbocycles. The minimum Gasteiger partial charge on any atom is -0.481 e. The molecule has 3 nitrogen and oxygen atoms in total. The van der Waals surface area contributed by atoms with E-state index >= 15 is 0 Å². The molecule has 1 N–H and O–H groups in total. The van der Waals surface area contributed by atoms with Crippen LogP contribution in [0.1, 0.15) is 12.0 Å². The molecular formula is C14H16O3S. The molecule has 0 radical (unpaired) electrons. The molecule has 2 unspecified atom stereocenters. The average Bonchev–Trinajstić information content (AvgIpc) is 3.09. The van der Waals surface area contributed by atoms with Crippen molar-refractivity contribution in [3.05, 3.63) is 29.8 Å². The molecule has 3 rings (SSSR count). The Balaban J connectivity index is 1.85. The van der Waals surface area contributed by atoms with Gasteiger partial charge in [-0.3, -0.25) is 4.79 Å². The van der Waals surface area contributed by atoms with Crippen molar-refractivity contribution in [3.63, 3.8) is 0 Å². The summed E-state index contributed by atoms with van der Waals surface area (Å²) < 4.78 is 5.38. The Kier molecular flexibility index (Phi) is 2.87. The molecule has 2 aliphatic rings. The first kappa shape index (κ1) is 12.1. The first-order valence-electron chi connectivity index (χ1n) is 6.12. The van der Waals surface area contributed by atoms with Gasteiger partial charge in [0.15, 0.2) is 0 Å². The molecule has 4 heteroatoms. The second kappa shape index (κ2) is 4.28. The third-order valence-electron chi connectivity index (χ3n) is 4.20. The molecule has 0 spiro atoms. The summed E-state index contributed by atoms with van der Waals surface area (Å²) in [6.45, 7) is 1.33. The van der Waals surface area contributed by atoms with Gasteiger partial charge in [-0.15, -0.1) is 11.8 Å². The molecule has 1 heterocycles. The summed E-state index contributed by atoms with van der Waals surface area (Å²) in [6, 6.07) is 8.48. The standard InChI is InChI=1S/C14H16O3S/c1-18-10-4-2-9(3-5-10)14(7-17-8-14)12-6-11(12)13(15)16/h2-5,11-12H,6-8H2,1H3,(H,15,16). The van der Waals surface area contributed by atoms with E-state index in [0.717, 1.165) is 6.42 Å². The summed E-state index contributed by atoms with van der Waals surface area (Å²) in [4.78, 5) is 12.3. The largest absolute Gasteiger partial charge is 0.481 e. The third kappa shape index (κ3) is 1.75. The summed E-state index contributed by atoms with van der Waals surface area (Å²) in [6.07, 6.45) is 2.85. The van der Waals surface area contributed by atoms with Crippen LogP contribution in [0.15, 0.2) is 29.2 Å². The summed E-state index contributed by atoms with van der Waals surface area (Å²) in [5.41, 5.74) is 1.19. The van der Waals surface area contributed by atoms with Gasteiger partial charge < -0.3 is 9.84 Å². The summed E-state index contributed by atoms with van der Waals surface area (Å²) in [5.74, 6) is -0.579. The molecule has 96 valence electrons. The number of rotatable bonds is 4. The predicted octanol–water partition coefficient (Wildman–Crippen LogP) is 2.40. The Morgan fingerprint density at radius 3 is 2.44 bits per heavy atom. The second-order valence-electron chi connectivity index (χ2n) is 5.16. The number of benzene rings is 1. The van der Waals surface area contributed by atoms with Gasteiger partial charge in [-0.1, -0.05) is 12.1 Å². The SMILES string of the molecule is CSc1ccc(C2(C3CC3C(=O)O)COC2)cc1. The number of hydrogen-bond donors (Lipinski definition) is 1. The fourth-order valence-corrected chi connectivity index (χ4v) is 3.33. The first-order valence-corrected chi connectivity index (χ1v) is 7.35. The number of thioether (sulfide) groups is 1. The van der Waals surface area contributed by atoms with E-state index in [1.165, 1.54) is 10.5 Å². The Morgan fingerprint density at radius 2 is 2.06 bits per heavy atom. The highest BCUT2D eigenvalue weighted by atomic mass is 32.2. The number of carboxylic acids is 1. The minimum absolute atomic E-state index is 0.0417. The highest BCUT2D eigenvalue weighted by molar-refractivity contribution is 7.98. The van der Waals surface area contributed by atoms with Crippen LogP contribution in [0.3, 0.4) is 0 Å². The average molecular weight is 264 g/mol. The van der Waals surface area contributed by atoms with Crippen LogP contribution in [-0.4, -0.2) is 30.5 Å². The number of hydrogen-bond acceptors (Lipinski definition) is 3. The topological polar surface area (TPSA) is 46.5 Å². The van der Waals surface area contributed by atoms with E-state index in [9.17, 15) is 4.79 Å². The third-order valence-corrected chi connectivity index (χ3v) is 4.95. The van der Waals surface area contributed by atoms with Crippen molar-refractivity contribution >= 4 is 17.7 Å². The van der Waals surface area contributed by atoms with Crippen molar-refractivity contribution in [2.75, 3.05) is 19.5 Å². The lowest BCUT2D eigenvalue weighted by molar-refractivity contribution is -0.140. The van der Waals surface area contributed by atoms with E-state index in [0.29, 0.717) is 13.2 Å². The Hall–Kier alpha value is -1.00. The molecule has 2 fully saturated rings. The summed E-state index contributed by atoms with van der Waals surface area (Å²) >= 11 is 1.72. The highest BCUT2D eigenvalue weighted by Crippen LogP contribution is 2.55. The van der Waals surface area contributed by atoms with Crippen molar-refractivity contribution < 1.29 is 14.6 Å². The number of carboxylic acid groups (broad SMARTS) is 1. The second-order valence-corrected chi connectivity index (χ2v) is 6.04. The quantitative estimate of drug-likeness (QED) is 0.848. The Labute approximate surface area is 111 Å². The van der Waals surface area contributed by atoms with Crippen molar-refractivity contribution in [3.8, 4) is 0 Å². The van der Waals surface area contributed by atoms with Crippen molar-refractivity contribution in [2.45, 2.75) is 16.7 Å². The maximum absolute atomic E-state index is 11.0. The normalized spacial score (nSPS) is 28.5. The Morgan fingerprint density at radius 1 is 1.39 bits per heavy atom. The van der Waals surface area contributed by atoms with Gasteiger partial charge in [0.05, 0.1) is 19.1 Å². The summed E-state index contributed by atoms with van der Waals surface area (Å²) in [7, 11) is 0. The maximum Gasteiger partial charge on any atom is 0.306 e. The molecule has 1 saturated carbocycles. The van der Waals surface area contributed by atoms with Crippen LogP contribution in [0.5, 0.6) is 0 Å². The fourth-order valence-electron chi connectivity index (χ4n) is 2.92. The van der Waals surface area contributed by atoms with Gasteiger partial charge in [0.2, 0.25) is 0 Å². The lowest BCUT2D eigenvalue weighted by atomic mass is 9.73. The van der Waals surface area contributed by atoms with Crippen LogP contribution in [0, 0.1) is 11.8 Å².